The molecule has 0 bridgehead atoms. The zero-order valence-corrected chi connectivity index (χ0v) is 13.4. The summed E-state index contributed by atoms with van der Waals surface area (Å²) < 4.78 is 0. The van der Waals surface area contributed by atoms with E-state index in [-0.39, 0.29) is 5.91 Å². The monoisotopic (exact) mass is 298 g/mol. The van der Waals surface area contributed by atoms with E-state index in [1.807, 2.05) is 6.07 Å². The number of carbonyl (C=O) groups excluding carboxylic acids is 1. The van der Waals surface area contributed by atoms with Gasteiger partial charge in [-0.2, -0.15) is 0 Å². The quantitative estimate of drug-likeness (QED) is 0.852. The maximum Gasteiger partial charge on any atom is 0.219 e. The first-order valence-corrected chi connectivity index (χ1v) is 8.48. The number of nitrogens with zero attached hydrogens (tertiary/aromatic N) is 2. The SMILES string of the molecule is CC(=O)N1CCCC1C1CCCN1CC=Cc1ccccc1. The average molecular weight is 298 g/mol. The van der Waals surface area contributed by atoms with E-state index < -0.39 is 0 Å². The summed E-state index contributed by atoms with van der Waals surface area (Å²) in [4.78, 5) is 16.5. The van der Waals surface area contributed by atoms with Gasteiger partial charge in [-0.3, -0.25) is 9.69 Å². The third-order valence-corrected chi connectivity index (χ3v) is 5.01. The van der Waals surface area contributed by atoms with E-state index in [0.717, 1.165) is 26.1 Å². The molecule has 1 aromatic carbocycles. The molecule has 2 heterocycles. The van der Waals surface area contributed by atoms with Gasteiger partial charge in [0.1, 0.15) is 0 Å². The highest BCUT2D eigenvalue weighted by atomic mass is 16.2. The molecule has 3 nitrogen and oxygen atoms in total. The number of likely N-dealkylation sites (tertiary alicyclic amines) is 2. The summed E-state index contributed by atoms with van der Waals surface area (Å²) in [7, 11) is 0. The van der Waals surface area contributed by atoms with Crippen molar-refractivity contribution in [2.24, 2.45) is 0 Å². The largest absolute Gasteiger partial charge is 0.338 e. The number of rotatable bonds is 4. The van der Waals surface area contributed by atoms with Gasteiger partial charge >= 0.3 is 0 Å². The van der Waals surface area contributed by atoms with E-state index in [1.165, 1.54) is 24.8 Å². The maximum atomic E-state index is 11.8. The molecule has 0 saturated carbocycles. The molecular formula is C19H26N2O. The summed E-state index contributed by atoms with van der Waals surface area (Å²) in [6.07, 6.45) is 9.28. The van der Waals surface area contributed by atoms with Gasteiger partial charge in [0, 0.05) is 32.1 Å². The van der Waals surface area contributed by atoms with E-state index in [4.69, 9.17) is 0 Å². The Balaban J connectivity index is 1.61. The van der Waals surface area contributed by atoms with Crippen LogP contribution in [-0.2, 0) is 4.79 Å². The van der Waals surface area contributed by atoms with Crippen LogP contribution in [0, 0.1) is 0 Å². The molecule has 0 radical (unpaired) electrons. The lowest BCUT2D eigenvalue weighted by atomic mass is 10.0. The Morgan fingerprint density at radius 3 is 2.64 bits per heavy atom. The molecule has 2 saturated heterocycles. The molecule has 0 spiro atoms. The Morgan fingerprint density at radius 1 is 1.14 bits per heavy atom. The molecule has 3 rings (SSSR count). The van der Waals surface area contributed by atoms with Gasteiger partial charge in [0.15, 0.2) is 0 Å². The standard InChI is InChI=1S/C19H26N2O/c1-16(22)21-15-7-12-19(21)18-11-6-14-20(18)13-5-10-17-8-3-2-4-9-17/h2-5,8-10,18-19H,6-7,11-15H2,1H3. The van der Waals surface area contributed by atoms with Crippen LogP contribution in [0.25, 0.3) is 6.08 Å². The third-order valence-electron chi connectivity index (χ3n) is 5.01. The molecule has 2 aliphatic heterocycles. The average Bonchev–Trinajstić information content (AvgIpc) is 3.16. The molecule has 3 heteroatoms. The fourth-order valence-corrected chi connectivity index (χ4v) is 3.99. The molecule has 0 N–H and O–H groups in total. The molecule has 0 aliphatic carbocycles. The summed E-state index contributed by atoms with van der Waals surface area (Å²) >= 11 is 0. The van der Waals surface area contributed by atoms with Gasteiger partial charge in [-0.15, -0.1) is 0 Å². The topological polar surface area (TPSA) is 23.6 Å². The van der Waals surface area contributed by atoms with Crippen LogP contribution in [0.5, 0.6) is 0 Å². The first-order chi connectivity index (χ1) is 10.8. The Morgan fingerprint density at radius 2 is 1.86 bits per heavy atom. The number of amides is 1. The fraction of sp³-hybridized carbons (Fsp3) is 0.526. The highest BCUT2D eigenvalue weighted by molar-refractivity contribution is 5.74. The van der Waals surface area contributed by atoms with Crippen LogP contribution in [0.1, 0.15) is 38.2 Å². The minimum atomic E-state index is 0.245. The number of hydrogen-bond acceptors (Lipinski definition) is 2. The summed E-state index contributed by atoms with van der Waals surface area (Å²) in [6, 6.07) is 11.4. The van der Waals surface area contributed by atoms with Crippen molar-refractivity contribution in [3.05, 3.63) is 42.0 Å². The fourth-order valence-electron chi connectivity index (χ4n) is 3.99. The molecule has 22 heavy (non-hydrogen) atoms. The zero-order valence-electron chi connectivity index (χ0n) is 13.4. The van der Waals surface area contributed by atoms with Gasteiger partial charge < -0.3 is 4.90 Å². The van der Waals surface area contributed by atoms with Crippen molar-refractivity contribution < 1.29 is 4.79 Å². The Hall–Kier alpha value is -1.61. The van der Waals surface area contributed by atoms with Gasteiger partial charge in [-0.1, -0.05) is 42.5 Å². The summed E-state index contributed by atoms with van der Waals surface area (Å²) in [5, 5.41) is 0. The maximum absolute atomic E-state index is 11.8. The van der Waals surface area contributed by atoms with Crippen LogP contribution in [0.2, 0.25) is 0 Å². The van der Waals surface area contributed by atoms with Gasteiger partial charge in [-0.05, 0) is 37.8 Å². The van der Waals surface area contributed by atoms with Crippen LogP contribution in [0.15, 0.2) is 36.4 Å². The van der Waals surface area contributed by atoms with E-state index in [2.05, 4.69) is 46.2 Å². The normalized spacial score (nSPS) is 26.1. The molecule has 2 fully saturated rings. The van der Waals surface area contributed by atoms with Crippen molar-refractivity contribution in [2.75, 3.05) is 19.6 Å². The van der Waals surface area contributed by atoms with Crippen LogP contribution in [-0.4, -0.2) is 47.4 Å². The van der Waals surface area contributed by atoms with E-state index in [0.29, 0.717) is 12.1 Å². The smallest absolute Gasteiger partial charge is 0.219 e. The van der Waals surface area contributed by atoms with Gasteiger partial charge in [-0.25, -0.2) is 0 Å². The molecule has 0 aromatic heterocycles. The Bertz CT molecular complexity index is 525. The van der Waals surface area contributed by atoms with Crippen molar-refractivity contribution in [3.8, 4) is 0 Å². The van der Waals surface area contributed by atoms with Gasteiger partial charge in [0.05, 0.1) is 0 Å². The molecule has 2 atom stereocenters. The lowest BCUT2D eigenvalue weighted by Crippen LogP contribution is -2.47. The lowest BCUT2D eigenvalue weighted by molar-refractivity contribution is -0.130. The zero-order chi connectivity index (χ0) is 15.4. The van der Waals surface area contributed by atoms with Crippen LogP contribution in [0.4, 0.5) is 0 Å². The second-order valence-electron chi connectivity index (χ2n) is 6.44. The molecule has 2 unspecified atom stereocenters. The predicted octanol–water partition coefficient (Wildman–Crippen LogP) is 3.18. The minimum absolute atomic E-state index is 0.245. The summed E-state index contributed by atoms with van der Waals surface area (Å²) in [6.45, 7) is 4.81. The molecule has 118 valence electrons. The van der Waals surface area contributed by atoms with Gasteiger partial charge in [0.25, 0.3) is 0 Å². The van der Waals surface area contributed by atoms with E-state index in [1.54, 1.807) is 6.92 Å². The second-order valence-corrected chi connectivity index (χ2v) is 6.44. The van der Waals surface area contributed by atoms with Crippen LogP contribution < -0.4 is 0 Å². The summed E-state index contributed by atoms with van der Waals surface area (Å²) in [5.41, 5.74) is 1.25. The lowest BCUT2D eigenvalue weighted by Gasteiger charge is -2.34. The molecule has 1 aromatic rings. The van der Waals surface area contributed by atoms with Gasteiger partial charge in [0.2, 0.25) is 5.91 Å². The summed E-state index contributed by atoms with van der Waals surface area (Å²) in [5.74, 6) is 0.245. The number of hydrogen-bond donors (Lipinski definition) is 0. The highest BCUT2D eigenvalue weighted by Gasteiger charge is 2.38. The van der Waals surface area contributed by atoms with Crippen molar-refractivity contribution in [2.45, 2.75) is 44.7 Å². The molecular weight excluding hydrogens is 272 g/mol. The second kappa shape index (κ2) is 7.10. The molecule has 1 amide bonds. The van der Waals surface area contributed by atoms with Crippen molar-refractivity contribution in [1.82, 2.24) is 9.80 Å². The van der Waals surface area contributed by atoms with Crippen molar-refractivity contribution in [1.29, 1.82) is 0 Å². The molecule has 2 aliphatic rings. The third kappa shape index (κ3) is 3.41. The van der Waals surface area contributed by atoms with E-state index >= 15 is 0 Å². The first kappa shape index (κ1) is 15.3. The number of carbonyl (C=O) groups is 1. The van der Waals surface area contributed by atoms with Crippen LogP contribution >= 0.6 is 0 Å². The number of benzene rings is 1. The highest BCUT2D eigenvalue weighted by Crippen LogP contribution is 2.29. The Kier molecular flexibility index (Phi) is 4.94. The van der Waals surface area contributed by atoms with E-state index in [9.17, 15) is 4.79 Å². The van der Waals surface area contributed by atoms with Crippen molar-refractivity contribution >= 4 is 12.0 Å². The first-order valence-electron chi connectivity index (χ1n) is 8.48. The Labute approximate surface area is 133 Å². The minimum Gasteiger partial charge on any atom is -0.338 e. The van der Waals surface area contributed by atoms with Crippen molar-refractivity contribution in [3.63, 3.8) is 0 Å². The predicted molar refractivity (Wildman–Crippen MR) is 90.5 cm³/mol. The van der Waals surface area contributed by atoms with Crippen LogP contribution in [0.3, 0.4) is 0 Å².